The van der Waals surface area contributed by atoms with Crippen molar-refractivity contribution < 1.29 is 14.3 Å². The fourth-order valence-corrected chi connectivity index (χ4v) is 1.19. The van der Waals surface area contributed by atoms with Gasteiger partial charge in [-0.25, -0.2) is 4.98 Å². The summed E-state index contributed by atoms with van der Waals surface area (Å²) in [5, 5.41) is 0. The first kappa shape index (κ1) is 3.39. The van der Waals surface area contributed by atoms with Crippen LogP contribution in [0.25, 0.3) is 0 Å². The van der Waals surface area contributed by atoms with Gasteiger partial charge < -0.3 is 4.74 Å². The molecule has 1 unspecified atom stereocenters. The van der Waals surface area contributed by atoms with E-state index in [2.05, 4.69) is 25.7 Å². The van der Waals surface area contributed by atoms with Gasteiger partial charge in [-0.2, -0.15) is 0 Å². The Labute approximate surface area is 89.9 Å². The normalized spacial score (nSPS) is 50.2. The molecule has 0 bridgehead atoms. The Morgan fingerprint density at radius 3 is 3.33 bits per heavy atom. The van der Waals surface area contributed by atoms with Crippen molar-refractivity contribution in [2.24, 2.45) is 0 Å². The fraction of sp³-hybridized carbons (Fsp3) is 0.444. The minimum Gasteiger partial charge on any atom is -0.381 e. The van der Waals surface area contributed by atoms with Gasteiger partial charge in [0.2, 0.25) is 0 Å². The monoisotopic (exact) mass is 234 g/mol. The van der Waals surface area contributed by atoms with Gasteiger partial charge in [-0.1, -0.05) is 6.07 Å². The van der Waals surface area contributed by atoms with Crippen LogP contribution in [0.3, 0.4) is 0 Å². The third kappa shape index (κ3) is 1.67. The lowest BCUT2D eigenvalue weighted by Gasteiger charge is -2.05. The van der Waals surface area contributed by atoms with Crippen molar-refractivity contribution in [1.29, 1.82) is 0 Å². The van der Waals surface area contributed by atoms with Gasteiger partial charge in [-0.3, -0.25) is 0 Å². The highest BCUT2D eigenvalue weighted by Gasteiger charge is 2.18. The second-order valence-corrected chi connectivity index (χ2v) is 2.96. The lowest BCUT2D eigenvalue weighted by Crippen LogP contribution is -2.00. The molecule has 1 aliphatic heterocycles. The quantitative estimate of drug-likeness (QED) is 0.697. The van der Waals surface area contributed by atoms with Crippen LogP contribution in [0.2, 0.25) is 0 Å². The minimum atomic E-state index is -2.93. The Morgan fingerprint density at radius 2 is 2.67 bits per heavy atom. The van der Waals surface area contributed by atoms with E-state index in [0.717, 1.165) is 0 Å². The average Bonchev–Trinajstić information content (AvgIpc) is 2.34. The molecule has 0 aromatic carbocycles. The first-order chi connectivity index (χ1) is 8.46. The minimum absolute atomic E-state index is 0.238. The molecule has 0 saturated carbocycles. The number of pyridine rings is 1. The summed E-state index contributed by atoms with van der Waals surface area (Å²) >= 11 is 3.06. The Hall–Kier alpha value is -0.410. The van der Waals surface area contributed by atoms with Crippen molar-refractivity contribution >= 4 is 15.9 Å². The highest BCUT2D eigenvalue weighted by molar-refractivity contribution is 9.10. The largest absolute Gasteiger partial charge is 0.381 e. The third-order valence-electron chi connectivity index (χ3n) is 1.35. The lowest BCUT2D eigenvalue weighted by atomic mass is 10.0. The first-order valence-corrected chi connectivity index (χ1v) is 4.08. The second-order valence-electron chi connectivity index (χ2n) is 2.15. The van der Waals surface area contributed by atoms with E-state index >= 15 is 0 Å². The number of halogens is 1. The Kier molecular flexibility index (Phi) is 0.999. The molecule has 2 heterocycles. The van der Waals surface area contributed by atoms with Gasteiger partial charge in [-0.15, -0.1) is 0 Å². The van der Waals surface area contributed by atoms with Crippen molar-refractivity contribution in [2.45, 2.75) is 12.3 Å². The highest BCUT2D eigenvalue weighted by atomic mass is 79.9. The predicted molar refractivity (Wildman–Crippen MR) is 50.1 cm³/mol. The van der Waals surface area contributed by atoms with E-state index in [0.29, 0.717) is 4.60 Å². The zero-order valence-corrected chi connectivity index (χ0v) is 7.55. The van der Waals surface area contributed by atoms with Crippen LogP contribution in [0.5, 0.6) is 0 Å². The standard InChI is InChI=1S/C9H10BrNO/c10-9-3-1-2-8(11-9)7-4-5-12-6-7/h1-3,7H,4-6H2/i4D2,5D2,6D2,7D. The van der Waals surface area contributed by atoms with E-state index in [1.807, 2.05) is 0 Å². The third-order valence-corrected chi connectivity index (χ3v) is 1.79. The molecule has 3 heteroatoms. The predicted octanol–water partition coefficient (Wildman–Crippen LogP) is 2.35. The van der Waals surface area contributed by atoms with Crippen LogP contribution in [-0.4, -0.2) is 18.1 Å². The van der Waals surface area contributed by atoms with Crippen molar-refractivity contribution in [1.82, 2.24) is 4.98 Å². The molecule has 1 saturated heterocycles. The van der Waals surface area contributed by atoms with Gasteiger partial charge in [0.15, 0.2) is 0 Å². The fourth-order valence-electron chi connectivity index (χ4n) is 0.842. The van der Waals surface area contributed by atoms with Gasteiger partial charge in [0.05, 0.1) is 12.0 Å². The second kappa shape index (κ2) is 3.54. The molecule has 1 aliphatic rings. The van der Waals surface area contributed by atoms with Gasteiger partial charge in [-0.05, 0) is 34.4 Å². The number of aromatic nitrogens is 1. The number of nitrogens with zero attached hydrogens (tertiary/aromatic N) is 1. The highest BCUT2D eigenvalue weighted by Crippen LogP contribution is 2.24. The molecule has 0 amide bonds. The molecular formula is C9H10BrNO. The molecule has 1 aromatic heterocycles. The van der Waals surface area contributed by atoms with Crippen molar-refractivity contribution in [3.63, 3.8) is 0 Å². The first-order valence-electron chi connectivity index (χ1n) is 6.79. The van der Waals surface area contributed by atoms with E-state index in [-0.39, 0.29) is 5.69 Å². The smallest absolute Gasteiger partial charge is 0.106 e. The van der Waals surface area contributed by atoms with Crippen LogP contribution in [0.4, 0.5) is 0 Å². The van der Waals surface area contributed by atoms with E-state index in [9.17, 15) is 0 Å². The summed E-state index contributed by atoms with van der Waals surface area (Å²) in [6.07, 6.45) is -2.91. The molecule has 2 rings (SSSR count). The van der Waals surface area contributed by atoms with E-state index in [4.69, 9.17) is 9.60 Å². The summed E-state index contributed by atoms with van der Waals surface area (Å²) in [5.74, 6) is -2.62. The summed E-state index contributed by atoms with van der Waals surface area (Å²) < 4.78 is 58.9. The van der Waals surface area contributed by atoms with Crippen LogP contribution in [0.15, 0.2) is 22.8 Å². The van der Waals surface area contributed by atoms with Crippen LogP contribution < -0.4 is 0 Å². The molecule has 1 aromatic rings. The van der Waals surface area contributed by atoms with Crippen molar-refractivity contribution in [3.05, 3.63) is 28.5 Å². The van der Waals surface area contributed by atoms with Crippen molar-refractivity contribution in [3.8, 4) is 0 Å². The maximum atomic E-state index is 8.18. The van der Waals surface area contributed by atoms with Crippen molar-refractivity contribution in [2.75, 3.05) is 13.1 Å². The van der Waals surface area contributed by atoms with E-state index in [1.54, 1.807) is 6.07 Å². The van der Waals surface area contributed by atoms with Gasteiger partial charge >= 0.3 is 0 Å². The maximum Gasteiger partial charge on any atom is 0.106 e. The zero-order chi connectivity index (χ0) is 14.7. The summed E-state index contributed by atoms with van der Waals surface area (Å²) in [7, 11) is 0. The molecule has 0 radical (unpaired) electrons. The zero-order valence-electron chi connectivity index (χ0n) is 13.0. The lowest BCUT2D eigenvalue weighted by molar-refractivity contribution is 0.193. The summed E-state index contributed by atoms with van der Waals surface area (Å²) in [5.41, 5.74) is -0.238. The van der Waals surface area contributed by atoms with Gasteiger partial charge in [0, 0.05) is 22.3 Å². The van der Waals surface area contributed by atoms with Gasteiger partial charge in [0.1, 0.15) is 4.60 Å². The average molecular weight is 235 g/mol. The Balaban J connectivity index is 2.70. The molecule has 12 heavy (non-hydrogen) atoms. The molecule has 1 atom stereocenters. The molecule has 64 valence electrons. The summed E-state index contributed by atoms with van der Waals surface area (Å²) in [4.78, 5) is 3.89. The molecule has 0 spiro atoms. The van der Waals surface area contributed by atoms with Crippen LogP contribution >= 0.6 is 15.9 Å². The van der Waals surface area contributed by atoms with Crippen LogP contribution in [0, 0.1) is 0 Å². The molecule has 0 N–H and O–H groups in total. The number of hydrogen-bond donors (Lipinski definition) is 0. The van der Waals surface area contributed by atoms with Gasteiger partial charge in [0.25, 0.3) is 0 Å². The van der Waals surface area contributed by atoms with Crippen LogP contribution in [-0.2, 0) is 4.74 Å². The molecular weight excluding hydrogens is 218 g/mol. The topological polar surface area (TPSA) is 22.1 Å². The Bertz CT molecular complexity index is 523. The molecule has 2 nitrogen and oxygen atoms in total. The number of rotatable bonds is 1. The summed E-state index contributed by atoms with van der Waals surface area (Å²) in [6.45, 7) is -5.78. The summed E-state index contributed by atoms with van der Waals surface area (Å²) in [6, 6.07) is 4.30. The number of ether oxygens (including phenoxy) is 1. The molecule has 1 fully saturated rings. The number of hydrogen-bond acceptors (Lipinski definition) is 2. The SMILES string of the molecule is [2H]C1([2H])OC([2H])([2H])C([2H])(c2cccc(Br)n2)C1([2H])[2H]. The van der Waals surface area contributed by atoms with E-state index in [1.165, 1.54) is 12.1 Å². The Morgan fingerprint density at radius 1 is 1.75 bits per heavy atom. The molecule has 0 aliphatic carbocycles. The maximum absolute atomic E-state index is 8.18. The van der Waals surface area contributed by atoms with Crippen LogP contribution in [0.1, 0.15) is 27.6 Å². The van der Waals surface area contributed by atoms with E-state index < -0.39 is 25.4 Å².